The summed E-state index contributed by atoms with van der Waals surface area (Å²) in [6.07, 6.45) is 1.16. The van der Waals surface area contributed by atoms with Gasteiger partial charge >= 0.3 is 0 Å². The van der Waals surface area contributed by atoms with Gasteiger partial charge in [0.2, 0.25) is 5.95 Å². The number of aliphatic hydroxyl groups is 1. The number of rotatable bonds is 6. The Hall–Kier alpha value is -0.880. The Morgan fingerprint density at radius 2 is 2.38 bits per heavy atom. The molecule has 0 fully saturated rings. The van der Waals surface area contributed by atoms with Gasteiger partial charge in [0.15, 0.2) is 5.82 Å². The van der Waals surface area contributed by atoms with Crippen LogP contribution in [0.25, 0.3) is 0 Å². The topological polar surface area (TPSA) is 58.0 Å². The number of aromatic nitrogens is 2. The Kier molecular flexibility index (Phi) is 5.48. The molecule has 0 radical (unpaired) electrons. The van der Waals surface area contributed by atoms with Crippen LogP contribution < -0.4 is 5.32 Å². The van der Waals surface area contributed by atoms with Crippen molar-refractivity contribution < 1.29 is 9.50 Å². The summed E-state index contributed by atoms with van der Waals surface area (Å²) < 4.78 is 13.3. The first-order chi connectivity index (χ1) is 7.67. The zero-order valence-corrected chi connectivity index (χ0v) is 10.2. The van der Waals surface area contributed by atoms with E-state index in [-0.39, 0.29) is 12.5 Å². The summed E-state index contributed by atoms with van der Waals surface area (Å²) in [5, 5.41) is 12.1. The minimum atomic E-state index is -0.420. The molecule has 1 heterocycles. The van der Waals surface area contributed by atoms with Crippen molar-refractivity contribution in [3.8, 4) is 0 Å². The maximum atomic E-state index is 13.3. The number of halogens is 1. The monoisotopic (exact) mass is 245 g/mol. The lowest BCUT2D eigenvalue weighted by atomic mass is 10.2. The van der Waals surface area contributed by atoms with E-state index in [4.69, 9.17) is 5.11 Å². The van der Waals surface area contributed by atoms with E-state index in [1.54, 1.807) is 0 Å². The fourth-order valence-corrected chi connectivity index (χ4v) is 1.86. The molecule has 1 rings (SSSR count). The van der Waals surface area contributed by atoms with Crippen LogP contribution in [0.3, 0.4) is 0 Å². The molecule has 16 heavy (non-hydrogen) atoms. The molecule has 1 atom stereocenters. The maximum absolute atomic E-state index is 13.3. The van der Waals surface area contributed by atoms with Gasteiger partial charge in [0.05, 0.1) is 6.20 Å². The second kappa shape index (κ2) is 6.65. The largest absolute Gasteiger partial charge is 0.396 e. The summed E-state index contributed by atoms with van der Waals surface area (Å²) in [5.74, 6) is 0.775. The number of hydrogen-bond donors (Lipinski definition) is 2. The smallest absolute Gasteiger partial charge is 0.223 e. The highest BCUT2D eigenvalue weighted by Crippen LogP contribution is 2.22. The van der Waals surface area contributed by atoms with Crippen molar-refractivity contribution in [2.24, 2.45) is 5.92 Å². The van der Waals surface area contributed by atoms with Gasteiger partial charge in [-0.05, 0) is 12.8 Å². The number of hydrogen-bond acceptors (Lipinski definition) is 5. The predicted molar refractivity (Wildman–Crippen MR) is 63.1 cm³/mol. The lowest BCUT2D eigenvalue weighted by Crippen LogP contribution is -2.06. The number of thioether (sulfide) groups is 1. The van der Waals surface area contributed by atoms with Crippen molar-refractivity contribution in [3.05, 3.63) is 12.0 Å². The van der Waals surface area contributed by atoms with E-state index < -0.39 is 5.82 Å². The van der Waals surface area contributed by atoms with Crippen molar-refractivity contribution >= 4 is 17.7 Å². The van der Waals surface area contributed by atoms with Gasteiger partial charge in [0, 0.05) is 18.9 Å². The first-order valence-electron chi connectivity index (χ1n) is 5.17. The zero-order chi connectivity index (χ0) is 12.0. The molecule has 1 aromatic heterocycles. The third-order valence-corrected chi connectivity index (χ3v) is 3.16. The Balaban J connectivity index is 2.66. The quantitative estimate of drug-likeness (QED) is 0.591. The van der Waals surface area contributed by atoms with Gasteiger partial charge in [-0.3, -0.25) is 0 Å². The molecule has 0 saturated heterocycles. The SMILES string of the molecule is CCNc1ncc(F)c(SCC(C)CO)n1. The van der Waals surface area contributed by atoms with Gasteiger partial charge in [0.1, 0.15) is 5.03 Å². The van der Waals surface area contributed by atoms with E-state index in [1.165, 1.54) is 11.8 Å². The van der Waals surface area contributed by atoms with Crippen molar-refractivity contribution in [3.63, 3.8) is 0 Å². The van der Waals surface area contributed by atoms with Gasteiger partial charge < -0.3 is 10.4 Å². The van der Waals surface area contributed by atoms with E-state index in [1.807, 2.05) is 13.8 Å². The van der Waals surface area contributed by atoms with E-state index >= 15 is 0 Å². The second-order valence-electron chi connectivity index (χ2n) is 3.48. The molecule has 0 bridgehead atoms. The standard InChI is InChI=1S/C10H16FN3OS/c1-3-12-10-13-4-8(11)9(14-10)16-6-7(2)5-15/h4,7,15H,3,5-6H2,1-2H3,(H,12,13,14). The van der Waals surface area contributed by atoms with Gasteiger partial charge in [0.25, 0.3) is 0 Å². The number of aliphatic hydroxyl groups excluding tert-OH is 1. The van der Waals surface area contributed by atoms with Gasteiger partial charge in [-0.15, -0.1) is 11.8 Å². The Morgan fingerprint density at radius 1 is 1.62 bits per heavy atom. The first kappa shape index (κ1) is 13.2. The molecule has 0 aliphatic carbocycles. The molecule has 4 nitrogen and oxygen atoms in total. The summed E-state index contributed by atoms with van der Waals surface area (Å²) in [6.45, 7) is 4.62. The highest BCUT2D eigenvalue weighted by Gasteiger charge is 2.09. The van der Waals surface area contributed by atoms with Gasteiger partial charge in [-0.2, -0.15) is 0 Å². The summed E-state index contributed by atoms with van der Waals surface area (Å²) >= 11 is 1.29. The predicted octanol–water partition coefficient (Wildman–Crippen LogP) is 1.77. The molecule has 6 heteroatoms. The van der Waals surface area contributed by atoms with Crippen LogP contribution in [0, 0.1) is 11.7 Å². The molecule has 1 aromatic rings. The molecule has 0 spiro atoms. The number of anilines is 1. The molecule has 0 aliphatic rings. The fourth-order valence-electron chi connectivity index (χ4n) is 0.970. The minimum absolute atomic E-state index is 0.0970. The lowest BCUT2D eigenvalue weighted by molar-refractivity contribution is 0.250. The first-order valence-corrected chi connectivity index (χ1v) is 6.16. The van der Waals surface area contributed by atoms with Crippen LogP contribution >= 0.6 is 11.8 Å². The fraction of sp³-hybridized carbons (Fsp3) is 0.600. The highest BCUT2D eigenvalue weighted by atomic mass is 32.2. The van der Waals surface area contributed by atoms with E-state index in [0.29, 0.717) is 23.3 Å². The van der Waals surface area contributed by atoms with Crippen LogP contribution in [0.4, 0.5) is 10.3 Å². The highest BCUT2D eigenvalue weighted by molar-refractivity contribution is 7.99. The molecule has 0 saturated carbocycles. The average Bonchev–Trinajstić information content (AvgIpc) is 2.29. The molecule has 0 aliphatic heterocycles. The maximum Gasteiger partial charge on any atom is 0.223 e. The Morgan fingerprint density at radius 3 is 3.00 bits per heavy atom. The number of nitrogens with one attached hydrogen (secondary N) is 1. The summed E-state index contributed by atoms with van der Waals surface area (Å²) in [4.78, 5) is 7.87. The molecule has 2 N–H and O–H groups in total. The summed E-state index contributed by atoms with van der Waals surface area (Å²) in [7, 11) is 0. The molecular formula is C10H16FN3OS. The number of nitrogens with zero attached hydrogens (tertiary/aromatic N) is 2. The van der Waals surface area contributed by atoms with E-state index in [0.717, 1.165) is 6.20 Å². The third kappa shape index (κ3) is 3.94. The average molecular weight is 245 g/mol. The summed E-state index contributed by atoms with van der Waals surface area (Å²) in [6, 6.07) is 0. The van der Waals surface area contributed by atoms with Crippen LogP contribution in [0.1, 0.15) is 13.8 Å². The summed E-state index contributed by atoms with van der Waals surface area (Å²) in [5.41, 5.74) is 0. The molecule has 0 aromatic carbocycles. The van der Waals surface area contributed by atoms with Crippen LogP contribution in [-0.4, -0.2) is 34.0 Å². The third-order valence-electron chi connectivity index (χ3n) is 1.86. The van der Waals surface area contributed by atoms with Crippen LogP contribution in [-0.2, 0) is 0 Å². The molecule has 90 valence electrons. The minimum Gasteiger partial charge on any atom is -0.396 e. The second-order valence-corrected chi connectivity index (χ2v) is 4.48. The lowest BCUT2D eigenvalue weighted by Gasteiger charge is -2.08. The van der Waals surface area contributed by atoms with Gasteiger partial charge in [-0.25, -0.2) is 14.4 Å². The molecule has 0 amide bonds. The normalized spacial score (nSPS) is 12.5. The molecular weight excluding hydrogens is 229 g/mol. The van der Waals surface area contributed by atoms with Crippen LogP contribution in [0.2, 0.25) is 0 Å². The van der Waals surface area contributed by atoms with Gasteiger partial charge in [-0.1, -0.05) is 6.92 Å². The van der Waals surface area contributed by atoms with Crippen molar-refractivity contribution in [1.29, 1.82) is 0 Å². The van der Waals surface area contributed by atoms with Crippen molar-refractivity contribution in [2.75, 3.05) is 24.2 Å². The van der Waals surface area contributed by atoms with E-state index in [2.05, 4.69) is 15.3 Å². The van der Waals surface area contributed by atoms with Crippen molar-refractivity contribution in [2.45, 2.75) is 18.9 Å². The van der Waals surface area contributed by atoms with Crippen LogP contribution in [0.15, 0.2) is 11.2 Å². The Bertz CT molecular complexity index is 338. The Labute approximate surface area is 98.7 Å². The van der Waals surface area contributed by atoms with Crippen LogP contribution in [0.5, 0.6) is 0 Å². The van der Waals surface area contributed by atoms with E-state index in [9.17, 15) is 4.39 Å². The van der Waals surface area contributed by atoms with Crippen molar-refractivity contribution in [1.82, 2.24) is 9.97 Å². The zero-order valence-electron chi connectivity index (χ0n) is 9.40. The molecule has 1 unspecified atom stereocenters.